The number of amides is 3. The standard InChI is InChI=1S/C15H18ClN5O3S/c1-9(13(22)18-14(23)17-2)25-15-20-19-12(21(15)3)8-24-11-6-4-10(16)5-7-11/h4-7,9H,8H2,1-3H3,(H2,17,18,22,23). The predicted octanol–water partition coefficient (Wildman–Crippen LogP) is 1.98. The van der Waals surface area contributed by atoms with E-state index in [2.05, 4.69) is 20.8 Å². The molecule has 0 aliphatic rings. The fourth-order valence-corrected chi connectivity index (χ4v) is 2.70. The average Bonchev–Trinajstić information content (AvgIpc) is 2.94. The van der Waals surface area contributed by atoms with E-state index in [0.717, 1.165) is 0 Å². The molecular weight excluding hydrogens is 366 g/mol. The predicted molar refractivity (Wildman–Crippen MR) is 94.7 cm³/mol. The molecule has 2 N–H and O–H groups in total. The van der Waals surface area contributed by atoms with Gasteiger partial charge in [0.1, 0.15) is 12.4 Å². The van der Waals surface area contributed by atoms with Crippen LogP contribution in [0.1, 0.15) is 12.7 Å². The zero-order valence-corrected chi connectivity index (χ0v) is 15.5. The van der Waals surface area contributed by atoms with Gasteiger partial charge in [0.15, 0.2) is 11.0 Å². The van der Waals surface area contributed by atoms with Crippen LogP contribution in [0.4, 0.5) is 4.79 Å². The number of benzene rings is 1. The number of imide groups is 1. The molecule has 0 saturated carbocycles. The van der Waals surface area contributed by atoms with E-state index in [1.54, 1.807) is 42.8 Å². The van der Waals surface area contributed by atoms with Crippen molar-refractivity contribution >= 4 is 35.3 Å². The van der Waals surface area contributed by atoms with Crippen LogP contribution in [-0.4, -0.2) is 39.0 Å². The number of halogens is 1. The maximum absolute atomic E-state index is 11.9. The molecule has 1 aromatic carbocycles. The second kappa shape index (κ2) is 8.72. The zero-order valence-electron chi connectivity index (χ0n) is 13.9. The number of nitrogens with zero attached hydrogens (tertiary/aromatic N) is 3. The van der Waals surface area contributed by atoms with E-state index in [9.17, 15) is 9.59 Å². The molecule has 0 saturated heterocycles. The minimum absolute atomic E-state index is 0.227. The van der Waals surface area contributed by atoms with Gasteiger partial charge >= 0.3 is 6.03 Å². The van der Waals surface area contributed by atoms with Crippen molar-refractivity contribution in [2.45, 2.75) is 23.9 Å². The first-order chi connectivity index (χ1) is 11.9. The molecule has 134 valence electrons. The van der Waals surface area contributed by atoms with E-state index in [4.69, 9.17) is 16.3 Å². The van der Waals surface area contributed by atoms with Crippen molar-refractivity contribution in [3.63, 3.8) is 0 Å². The summed E-state index contributed by atoms with van der Waals surface area (Å²) in [4.78, 5) is 23.1. The number of hydrogen-bond acceptors (Lipinski definition) is 6. The molecule has 2 rings (SSSR count). The van der Waals surface area contributed by atoms with Gasteiger partial charge in [0.05, 0.1) is 5.25 Å². The highest BCUT2D eigenvalue weighted by Crippen LogP contribution is 2.22. The van der Waals surface area contributed by atoms with Gasteiger partial charge in [-0.3, -0.25) is 10.1 Å². The lowest BCUT2D eigenvalue weighted by Gasteiger charge is -2.10. The normalized spacial score (nSPS) is 11.7. The van der Waals surface area contributed by atoms with Gasteiger partial charge in [-0.1, -0.05) is 23.4 Å². The summed E-state index contributed by atoms with van der Waals surface area (Å²) in [5, 5.41) is 13.4. The molecule has 8 nitrogen and oxygen atoms in total. The number of hydrogen-bond donors (Lipinski definition) is 2. The highest BCUT2D eigenvalue weighted by Gasteiger charge is 2.20. The van der Waals surface area contributed by atoms with Gasteiger partial charge in [-0.2, -0.15) is 0 Å². The Balaban J connectivity index is 1.94. The van der Waals surface area contributed by atoms with Crippen LogP contribution in [0.5, 0.6) is 5.75 Å². The van der Waals surface area contributed by atoms with E-state index in [1.165, 1.54) is 18.8 Å². The Morgan fingerprint density at radius 2 is 2.00 bits per heavy atom. The average molecular weight is 384 g/mol. The fourth-order valence-electron chi connectivity index (χ4n) is 1.74. The Kier molecular flexibility index (Phi) is 6.65. The second-order valence-electron chi connectivity index (χ2n) is 5.03. The van der Waals surface area contributed by atoms with Crippen LogP contribution in [0, 0.1) is 0 Å². The molecule has 1 aromatic heterocycles. The van der Waals surface area contributed by atoms with Crippen molar-refractivity contribution < 1.29 is 14.3 Å². The number of thioether (sulfide) groups is 1. The minimum atomic E-state index is -0.549. The van der Waals surface area contributed by atoms with Gasteiger partial charge in [-0.15, -0.1) is 10.2 Å². The molecule has 10 heteroatoms. The van der Waals surface area contributed by atoms with Gasteiger partial charge in [0.2, 0.25) is 5.91 Å². The molecule has 1 unspecified atom stereocenters. The molecule has 0 spiro atoms. The molecule has 1 atom stereocenters. The monoisotopic (exact) mass is 383 g/mol. The SMILES string of the molecule is CNC(=O)NC(=O)C(C)Sc1nnc(COc2ccc(Cl)cc2)n1C. The van der Waals surface area contributed by atoms with Gasteiger partial charge in [0.25, 0.3) is 0 Å². The molecule has 2 aromatic rings. The summed E-state index contributed by atoms with van der Waals surface area (Å²) in [5.74, 6) is 0.864. The van der Waals surface area contributed by atoms with Crippen molar-refractivity contribution in [3.8, 4) is 5.75 Å². The molecule has 1 heterocycles. The summed E-state index contributed by atoms with van der Waals surface area (Å²) in [7, 11) is 3.22. The molecule has 25 heavy (non-hydrogen) atoms. The molecule has 0 aliphatic carbocycles. The lowest BCUT2D eigenvalue weighted by Crippen LogP contribution is -2.41. The Hall–Kier alpha value is -2.26. The first-order valence-corrected chi connectivity index (χ1v) is 8.62. The van der Waals surface area contributed by atoms with Crippen LogP contribution in [0.2, 0.25) is 5.02 Å². The van der Waals surface area contributed by atoms with Crippen LogP contribution in [0.25, 0.3) is 0 Å². The van der Waals surface area contributed by atoms with Gasteiger partial charge < -0.3 is 14.6 Å². The lowest BCUT2D eigenvalue weighted by atomic mass is 10.3. The molecule has 0 aliphatic heterocycles. The van der Waals surface area contributed by atoms with Gasteiger partial charge in [-0.05, 0) is 31.2 Å². The first-order valence-electron chi connectivity index (χ1n) is 7.36. The molecular formula is C15H18ClN5O3S. The second-order valence-corrected chi connectivity index (χ2v) is 6.77. The van der Waals surface area contributed by atoms with E-state index in [-0.39, 0.29) is 6.61 Å². The maximum atomic E-state index is 11.9. The fraction of sp³-hybridized carbons (Fsp3) is 0.333. The Morgan fingerprint density at radius 1 is 1.32 bits per heavy atom. The number of nitrogens with one attached hydrogen (secondary N) is 2. The third-order valence-corrected chi connectivity index (χ3v) is 4.61. The lowest BCUT2D eigenvalue weighted by molar-refractivity contribution is -0.119. The van der Waals surface area contributed by atoms with Crippen molar-refractivity contribution in [1.29, 1.82) is 0 Å². The first kappa shape index (κ1) is 19.1. The largest absolute Gasteiger partial charge is 0.486 e. The number of carbonyl (C=O) groups is 2. The summed E-state index contributed by atoms with van der Waals surface area (Å²) in [5.41, 5.74) is 0. The van der Waals surface area contributed by atoms with Crippen molar-refractivity contribution in [3.05, 3.63) is 35.1 Å². The summed E-state index contributed by atoms with van der Waals surface area (Å²) in [6.07, 6.45) is 0. The highest BCUT2D eigenvalue weighted by atomic mass is 35.5. The number of urea groups is 1. The topological polar surface area (TPSA) is 98.1 Å². The van der Waals surface area contributed by atoms with Crippen LogP contribution in [0.15, 0.2) is 29.4 Å². The van der Waals surface area contributed by atoms with Gasteiger partial charge in [0, 0.05) is 19.1 Å². The molecule has 0 fully saturated rings. The quantitative estimate of drug-likeness (QED) is 0.740. The minimum Gasteiger partial charge on any atom is -0.486 e. The van der Waals surface area contributed by atoms with Crippen LogP contribution >= 0.6 is 23.4 Å². The Bertz CT molecular complexity index is 750. The smallest absolute Gasteiger partial charge is 0.321 e. The summed E-state index contributed by atoms with van der Waals surface area (Å²) < 4.78 is 7.38. The van der Waals surface area contributed by atoms with E-state index in [0.29, 0.717) is 21.8 Å². The van der Waals surface area contributed by atoms with Crippen molar-refractivity contribution in [2.24, 2.45) is 7.05 Å². The number of aromatic nitrogens is 3. The van der Waals surface area contributed by atoms with Crippen molar-refractivity contribution in [1.82, 2.24) is 25.4 Å². The molecule has 0 radical (unpaired) electrons. The number of carbonyl (C=O) groups excluding carboxylic acids is 2. The maximum Gasteiger partial charge on any atom is 0.321 e. The Morgan fingerprint density at radius 3 is 2.64 bits per heavy atom. The van der Waals surface area contributed by atoms with Gasteiger partial charge in [-0.25, -0.2) is 4.79 Å². The number of rotatable bonds is 6. The number of ether oxygens (including phenoxy) is 1. The zero-order chi connectivity index (χ0) is 18.4. The molecule has 3 amide bonds. The van der Waals surface area contributed by atoms with E-state index < -0.39 is 17.2 Å². The Labute approximate surface area is 154 Å². The summed E-state index contributed by atoms with van der Waals surface area (Å²) in [6, 6.07) is 6.45. The van der Waals surface area contributed by atoms with Crippen molar-refractivity contribution in [2.75, 3.05) is 7.05 Å². The van der Waals surface area contributed by atoms with E-state index in [1.807, 2.05) is 0 Å². The summed E-state index contributed by atoms with van der Waals surface area (Å²) >= 11 is 7.03. The van der Waals surface area contributed by atoms with Crippen LogP contribution in [0.3, 0.4) is 0 Å². The highest BCUT2D eigenvalue weighted by molar-refractivity contribution is 8.00. The van der Waals surface area contributed by atoms with E-state index >= 15 is 0 Å². The van der Waals surface area contributed by atoms with Crippen LogP contribution in [-0.2, 0) is 18.4 Å². The third kappa shape index (κ3) is 5.36. The third-order valence-electron chi connectivity index (χ3n) is 3.22. The summed E-state index contributed by atoms with van der Waals surface area (Å²) in [6.45, 7) is 1.91. The van der Waals surface area contributed by atoms with Crippen LogP contribution < -0.4 is 15.4 Å². The molecule has 0 bridgehead atoms.